The molecule has 0 bridgehead atoms. The number of aryl methyl sites for hydroxylation is 2. The Morgan fingerprint density at radius 1 is 0.714 bits per heavy atom. The Bertz CT molecular complexity index is 757. The summed E-state index contributed by atoms with van der Waals surface area (Å²) in [5, 5.41) is 0. The van der Waals surface area contributed by atoms with E-state index in [1.165, 1.54) is 68.1 Å². The van der Waals surface area contributed by atoms with Crippen LogP contribution in [0, 0.1) is 18.8 Å². The Kier molecular flexibility index (Phi) is 6.35. The molecule has 2 aliphatic rings. The van der Waals surface area contributed by atoms with Gasteiger partial charge in [-0.25, -0.2) is 0 Å². The van der Waals surface area contributed by atoms with Crippen molar-refractivity contribution in [2.45, 2.75) is 77.0 Å². The number of rotatable bonds is 5. The Morgan fingerprint density at radius 3 is 2.04 bits per heavy atom. The summed E-state index contributed by atoms with van der Waals surface area (Å²) in [6.07, 6.45) is 15.7. The lowest BCUT2D eigenvalue weighted by atomic mass is 9.78. The third-order valence-electron chi connectivity index (χ3n) is 7.24. The highest BCUT2D eigenvalue weighted by Crippen LogP contribution is 2.37. The summed E-state index contributed by atoms with van der Waals surface area (Å²) in [6, 6.07) is 18.7. The maximum Gasteiger partial charge on any atom is 0.00182 e. The topological polar surface area (TPSA) is 0 Å². The second-order valence-corrected chi connectivity index (χ2v) is 9.48. The summed E-state index contributed by atoms with van der Waals surface area (Å²) in [5.74, 6) is 3.11. The van der Waals surface area contributed by atoms with Gasteiger partial charge >= 0.3 is 0 Å². The average molecular weight is 373 g/mol. The van der Waals surface area contributed by atoms with Crippen molar-refractivity contribution in [3.63, 3.8) is 0 Å². The molecule has 0 heteroatoms. The summed E-state index contributed by atoms with van der Waals surface area (Å²) in [7, 11) is 0. The molecule has 0 nitrogen and oxygen atoms in total. The van der Waals surface area contributed by atoms with E-state index in [-0.39, 0.29) is 0 Å². The molecule has 2 aliphatic carbocycles. The molecule has 2 aromatic carbocycles. The molecule has 0 radical (unpaired) electrons. The molecule has 0 saturated heterocycles. The van der Waals surface area contributed by atoms with E-state index >= 15 is 0 Å². The minimum Gasteiger partial charge on any atom is -0.0848 e. The Hall–Kier alpha value is -1.82. The van der Waals surface area contributed by atoms with Crippen LogP contribution in [0.25, 0.3) is 0 Å². The van der Waals surface area contributed by atoms with Crippen molar-refractivity contribution in [2.24, 2.45) is 11.8 Å². The highest BCUT2D eigenvalue weighted by molar-refractivity contribution is 5.31. The van der Waals surface area contributed by atoms with E-state index in [4.69, 9.17) is 0 Å². The first-order valence-corrected chi connectivity index (χ1v) is 11.5. The first-order chi connectivity index (χ1) is 13.7. The first-order valence-electron chi connectivity index (χ1n) is 11.5. The molecule has 148 valence electrons. The van der Waals surface area contributed by atoms with Gasteiger partial charge in [-0.3, -0.25) is 0 Å². The van der Waals surface area contributed by atoms with Crippen LogP contribution in [0.4, 0.5) is 0 Å². The van der Waals surface area contributed by atoms with Gasteiger partial charge in [0, 0.05) is 5.92 Å². The van der Waals surface area contributed by atoms with Crippen molar-refractivity contribution in [3.8, 4) is 0 Å². The molecule has 0 N–H and O–H groups in total. The second kappa shape index (κ2) is 9.12. The molecule has 4 rings (SSSR count). The lowest BCUT2D eigenvalue weighted by Gasteiger charge is -2.27. The van der Waals surface area contributed by atoms with Crippen molar-refractivity contribution in [2.75, 3.05) is 0 Å². The molecule has 2 aromatic rings. The van der Waals surface area contributed by atoms with Crippen molar-refractivity contribution in [1.29, 1.82) is 0 Å². The van der Waals surface area contributed by atoms with Crippen LogP contribution >= 0.6 is 0 Å². The fraction of sp³-hybridized carbons (Fsp3) is 0.500. The van der Waals surface area contributed by atoms with Crippen LogP contribution in [0.15, 0.2) is 60.7 Å². The summed E-state index contributed by atoms with van der Waals surface area (Å²) < 4.78 is 0. The van der Waals surface area contributed by atoms with Gasteiger partial charge < -0.3 is 0 Å². The molecule has 0 spiro atoms. The van der Waals surface area contributed by atoms with Crippen LogP contribution in [-0.4, -0.2) is 0 Å². The van der Waals surface area contributed by atoms with Gasteiger partial charge in [0.1, 0.15) is 0 Å². The molecular formula is C28H36. The van der Waals surface area contributed by atoms with E-state index in [0.29, 0.717) is 5.92 Å². The van der Waals surface area contributed by atoms with Gasteiger partial charge in [0.05, 0.1) is 0 Å². The van der Waals surface area contributed by atoms with Crippen molar-refractivity contribution < 1.29 is 0 Å². The molecule has 0 aromatic heterocycles. The van der Waals surface area contributed by atoms with Gasteiger partial charge in [0.15, 0.2) is 0 Å². The van der Waals surface area contributed by atoms with Crippen LogP contribution in [0.3, 0.4) is 0 Å². The summed E-state index contributed by atoms with van der Waals surface area (Å²) >= 11 is 0. The third-order valence-corrected chi connectivity index (χ3v) is 7.24. The van der Waals surface area contributed by atoms with Crippen LogP contribution in [0.5, 0.6) is 0 Å². The van der Waals surface area contributed by atoms with E-state index in [9.17, 15) is 0 Å². The van der Waals surface area contributed by atoms with Crippen LogP contribution in [-0.2, 0) is 6.42 Å². The highest BCUT2D eigenvalue weighted by Gasteiger charge is 2.21. The van der Waals surface area contributed by atoms with Crippen molar-refractivity contribution in [1.82, 2.24) is 0 Å². The molecule has 28 heavy (non-hydrogen) atoms. The van der Waals surface area contributed by atoms with Gasteiger partial charge in [0.2, 0.25) is 0 Å². The number of benzene rings is 2. The van der Waals surface area contributed by atoms with Crippen LogP contribution in [0.1, 0.15) is 86.0 Å². The zero-order valence-corrected chi connectivity index (χ0v) is 17.7. The smallest absolute Gasteiger partial charge is 0.00182 e. The van der Waals surface area contributed by atoms with Crippen LogP contribution in [0.2, 0.25) is 0 Å². The number of allylic oxidation sites excluding steroid dienone is 2. The molecule has 1 fully saturated rings. The van der Waals surface area contributed by atoms with Crippen molar-refractivity contribution >= 4 is 0 Å². The predicted molar refractivity (Wildman–Crippen MR) is 121 cm³/mol. The zero-order chi connectivity index (χ0) is 19.3. The minimum atomic E-state index is 0.621. The molecule has 0 aliphatic heterocycles. The molecule has 0 heterocycles. The Balaban J connectivity index is 1.30. The van der Waals surface area contributed by atoms with E-state index in [1.54, 1.807) is 5.56 Å². The maximum absolute atomic E-state index is 2.50. The summed E-state index contributed by atoms with van der Waals surface area (Å²) in [4.78, 5) is 0. The van der Waals surface area contributed by atoms with Gasteiger partial charge in [0.25, 0.3) is 0 Å². The van der Waals surface area contributed by atoms with E-state index < -0.39 is 0 Å². The largest absolute Gasteiger partial charge is 0.0848 e. The zero-order valence-electron chi connectivity index (χ0n) is 17.7. The highest BCUT2D eigenvalue weighted by atomic mass is 14.3. The monoisotopic (exact) mass is 372 g/mol. The molecular weight excluding hydrogens is 336 g/mol. The molecule has 1 saturated carbocycles. The standard InChI is InChI=1S/C28H36/c1-21-3-7-23(8-4-21)9-10-24-11-15-26(16-12-24)28-19-17-27(18-20-28)25-13-5-22(2)6-14-25/h3-4,7-8,11,15,17-20,22,24-26H,5-6,9-10,12-14,16H2,1-2H3. The van der Waals surface area contributed by atoms with E-state index in [2.05, 4.69) is 74.5 Å². The summed E-state index contributed by atoms with van der Waals surface area (Å²) in [6.45, 7) is 4.57. The number of hydrogen-bond donors (Lipinski definition) is 0. The first kappa shape index (κ1) is 19.5. The third kappa shape index (κ3) is 4.96. The van der Waals surface area contributed by atoms with Gasteiger partial charge in [-0.1, -0.05) is 86.0 Å². The average Bonchev–Trinajstić information content (AvgIpc) is 2.74. The van der Waals surface area contributed by atoms with E-state index in [1.807, 2.05) is 0 Å². The molecule has 2 unspecified atom stereocenters. The fourth-order valence-corrected chi connectivity index (χ4v) is 5.11. The Labute approximate surface area is 172 Å². The van der Waals surface area contributed by atoms with Crippen molar-refractivity contribution in [3.05, 3.63) is 82.9 Å². The van der Waals surface area contributed by atoms with Gasteiger partial charge in [-0.05, 0) is 79.9 Å². The molecule has 2 atom stereocenters. The second-order valence-electron chi connectivity index (χ2n) is 9.48. The van der Waals surface area contributed by atoms with Gasteiger partial charge in [-0.15, -0.1) is 0 Å². The normalized spacial score (nSPS) is 27.6. The summed E-state index contributed by atoms with van der Waals surface area (Å²) in [5.41, 5.74) is 5.93. The lowest BCUT2D eigenvalue weighted by molar-refractivity contribution is 0.348. The minimum absolute atomic E-state index is 0.621. The van der Waals surface area contributed by atoms with Gasteiger partial charge in [-0.2, -0.15) is 0 Å². The molecule has 0 amide bonds. The van der Waals surface area contributed by atoms with Crippen LogP contribution < -0.4 is 0 Å². The van der Waals surface area contributed by atoms with E-state index in [0.717, 1.165) is 17.8 Å². The quantitative estimate of drug-likeness (QED) is 0.467. The maximum atomic E-state index is 2.50. The fourth-order valence-electron chi connectivity index (χ4n) is 5.11. The lowest BCUT2D eigenvalue weighted by Crippen LogP contribution is -2.11. The Morgan fingerprint density at radius 2 is 1.39 bits per heavy atom. The number of hydrogen-bond acceptors (Lipinski definition) is 0. The predicted octanol–water partition coefficient (Wildman–Crippen LogP) is 7.97. The SMILES string of the molecule is Cc1ccc(CCC2C=CC(c3ccc(C4CCC(C)CC4)cc3)CC2)cc1.